The topological polar surface area (TPSA) is 66.8 Å². The first-order valence-electron chi connectivity index (χ1n) is 6.77. The van der Waals surface area contributed by atoms with Crippen LogP contribution in [0, 0.1) is 0 Å². The van der Waals surface area contributed by atoms with Crippen molar-refractivity contribution >= 4 is 5.97 Å². The lowest BCUT2D eigenvalue weighted by Gasteiger charge is -2.16. The SMILES string of the molecule is O=C(OCc1ccccc1)[C@H](O)[C@@H](O)Cc1ccccc1. The van der Waals surface area contributed by atoms with Gasteiger partial charge in [-0.1, -0.05) is 60.7 Å². The number of carbonyl (C=O) groups is 1. The molecule has 0 bridgehead atoms. The van der Waals surface area contributed by atoms with Gasteiger partial charge in [-0.15, -0.1) is 0 Å². The molecule has 2 N–H and O–H groups in total. The summed E-state index contributed by atoms with van der Waals surface area (Å²) in [5.41, 5.74) is 1.68. The molecule has 0 fully saturated rings. The zero-order valence-electron chi connectivity index (χ0n) is 11.6. The van der Waals surface area contributed by atoms with Crippen molar-refractivity contribution < 1.29 is 19.7 Å². The highest BCUT2D eigenvalue weighted by molar-refractivity contribution is 5.75. The van der Waals surface area contributed by atoms with Crippen LogP contribution in [0.5, 0.6) is 0 Å². The van der Waals surface area contributed by atoms with Crippen molar-refractivity contribution in [3.8, 4) is 0 Å². The summed E-state index contributed by atoms with van der Waals surface area (Å²) in [7, 11) is 0. The van der Waals surface area contributed by atoms with Crippen LogP contribution >= 0.6 is 0 Å². The lowest BCUT2D eigenvalue weighted by Crippen LogP contribution is -2.36. The minimum atomic E-state index is -1.55. The van der Waals surface area contributed by atoms with Crippen LogP contribution in [-0.2, 0) is 22.6 Å². The molecule has 0 radical (unpaired) electrons. The maximum Gasteiger partial charge on any atom is 0.338 e. The maximum atomic E-state index is 11.7. The minimum absolute atomic E-state index is 0.0782. The average Bonchev–Trinajstić information content (AvgIpc) is 2.53. The average molecular weight is 286 g/mol. The minimum Gasteiger partial charge on any atom is -0.459 e. The van der Waals surface area contributed by atoms with Gasteiger partial charge in [0.2, 0.25) is 0 Å². The number of rotatable bonds is 6. The standard InChI is InChI=1S/C17H18O4/c18-15(11-13-7-3-1-4-8-13)16(19)17(20)21-12-14-9-5-2-6-10-14/h1-10,15-16,18-19H,11-12H2/t15-,16+/m0/s1. The molecule has 0 aliphatic carbocycles. The number of carbonyl (C=O) groups excluding carboxylic acids is 1. The molecule has 2 aromatic rings. The maximum absolute atomic E-state index is 11.7. The third-order valence-electron chi connectivity index (χ3n) is 3.12. The summed E-state index contributed by atoms with van der Waals surface area (Å²) in [4.78, 5) is 11.7. The quantitative estimate of drug-likeness (QED) is 0.793. The Balaban J connectivity index is 1.84. The Hall–Kier alpha value is -2.17. The highest BCUT2D eigenvalue weighted by Gasteiger charge is 2.25. The van der Waals surface area contributed by atoms with Crippen molar-refractivity contribution in [2.45, 2.75) is 25.2 Å². The number of hydrogen-bond acceptors (Lipinski definition) is 4. The van der Waals surface area contributed by atoms with Gasteiger partial charge in [0.25, 0.3) is 0 Å². The third-order valence-corrected chi connectivity index (χ3v) is 3.12. The van der Waals surface area contributed by atoms with Crippen LogP contribution in [0.3, 0.4) is 0 Å². The molecule has 0 saturated heterocycles. The van der Waals surface area contributed by atoms with E-state index in [1.807, 2.05) is 60.7 Å². The van der Waals surface area contributed by atoms with E-state index in [0.29, 0.717) is 0 Å². The van der Waals surface area contributed by atoms with Crippen molar-refractivity contribution in [1.29, 1.82) is 0 Å². The second kappa shape index (κ2) is 7.57. The zero-order valence-corrected chi connectivity index (χ0v) is 11.6. The number of ether oxygens (including phenoxy) is 1. The highest BCUT2D eigenvalue weighted by Crippen LogP contribution is 2.08. The molecule has 0 heterocycles. The Morgan fingerprint density at radius 3 is 2.00 bits per heavy atom. The van der Waals surface area contributed by atoms with E-state index in [0.717, 1.165) is 11.1 Å². The summed E-state index contributed by atoms with van der Waals surface area (Å²) in [6.45, 7) is 0.0782. The van der Waals surface area contributed by atoms with Gasteiger partial charge in [-0.25, -0.2) is 4.79 Å². The van der Waals surface area contributed by atoms with Gasteiger partial charge in [0, 0.05) is 6.42 Å². The summed E-state index contributed by atoms with van der Waals surface area (Å²) >= 11 is 0. The van der Waals surface area contributed by atoms with E-state index in [1.165, 1.54) is 0 Å². The van der Waals surface area contributed by atoms with E-state index in [1.54, 1.807) is 0 Å². The van der Waals surface area contributed by atoms with E-state index in [-0.39, 0.29) is 13.0 Å². The lowest BCUT2D eigenvalue weighted by atomic mass is 10.0. The Morgan fingerprint density at radius 1 is 0.905 bits per heavy atom. The number of aliphatic hydroxyl groups is 2. The molecule has 2 aromatic carbocycles. The predicted molar refractivity (Wildman–Crippen MR) is 78.4 cm³/mol. The van der Waals surface area contributed by atoms with E-state index in [9.17, 15) is 15.0 Å². The van der Waals surface area contributed by atoms with Crippen molar-refractivity contribution in [2.24, 2.45) is 0 Å². The molecule has 4 nitrogen and oxygen atoms in total. The van der Waals surface area contributed by atoms with Crippen LogP contribution in [0.1, 0.15) is 11.1 Å². The summed E-state index contributed by atoms with van der Waals surface area (Å²) in [6, 6.07) is 18.4. The van der Waals surface area contributed by atoms with Crippen LogP contribution in [0.25, 0.3) is 0 Å². The fraction of sp³-hybridized carbons (Fsp3) is 0.235. The van der Waals surface area contributed by atoms with E-state index in [2.05, 4.69) is 0 Å². The molecule has 0 aliphatic rings. The van der Waals surface area contributed by atoms with Gasteiger partial charge >= 0.3 is 5.97 Å². The number of esters is 1. The lowest BCUT2D eigenvalue weighted by molar-refractivity contribution is -0.161. The second-order valence-electron chi connectivity index (χ2n) is 4.80. The van der Waals surface area contributed by atoms with Gasteiger partial charge < -0.3 is 14.9 Å². The van der Waals surface area contributed by atoms with Gasteiger partial charge in [-0.05, 0) is 11.1 Å². The molecule has 21 heavy (non-hydrogen) atoms. The van der Waals surface area contributed by atoms with Crippen LogP contribution in [-0.4, -0.2) is 28.4 Å². The van der Waals surface area contributed by atoms with E-state index in [4.69, 9.17) is 4.74 Å². The molecule has 0 amide bonds. The van der Waals surface area contributed by atoms with Crippen LogP contribution in [0.15, 0.2) is 60.7 Å². The molecule has 2 rings (SSSR count). The molecule has 0 aliphatic heterocycles. The molecule has 4 heteroatoms. The normalized spacial score (nSPS) is 13.4. The Bertz CT molecular complexity index is 554. The molecular weight excluding hydrogens is 268 g/mol. The molecule has 0 aromatic heterocycles. The first-order valence-corrected chi connectivity index (χ1v) is 6.77. The van der Waals surface area contributed by atoms with Gasteiger partial charge in [0.15, 0.2) is 6.10 Å². The number of aliphatic hydroxyl groups excluding tert-OH is 2. The molecule has 2 atom stereocenters. The fourth-order valence-corrected chi connectivity index (χ4v) is 1.94. The summed E-state index contributed by atoms with van der Waals surface area (Å²) in [5.74, 6) is -0.817. The molecule has 110 valence electrons. The fourth-order valence-electron chi connectivity index (χ4n) is 1.94. The van der Waals surface area contributed by atoms with Crippen LogP contribution in [0.4, 0.5) is 0 Å². The van der Waals surface area contributed by atoms with E-state index >= 15 is 0 Å². The van der Waals surface area contributed by atoms with Crippen molar-refractivity contribution in [3.63, 3.8) is 0 Å². The molecule has 0 saturated carbocycles. The van der Waals surface area contributed by atoms with Gasteiger partial charge in [0.05, 0.1) is 6.10 Å². The molecular formula is C17H18O4. The van der Waals surface area contributed by atoms with E-state index < -0.39 is 18.2 Å². The second-order valence-corrected chi connectivity index (χ2v) is 4.80. The third kappa shape index (κ3) is 4.70. The van der Waals surface area contributed by atoms with Crippen LogP contribution < -0.4 is 0 Å². The Morgan fingerprint density at radius 2 is 1.43 bits per heavy atom. The monoisotopic (exact) mass is 286 g/mol. The first kappa shape index (κ1) is 15.2. The smallest absolute Gasteiger partial charge is 0.338 e. The highest BCUT2D eigenvalue weighted by atomic mass is 16.5. The number of hydrogen-bond donors (Lipinski definition) is 2. The van der Waals surface area contributed by atoms with Crippen molar-refractivity contribution in [1.82, 2.24) is 0 Å². The Kier molecular flexibility index (Phi) is 5.49. The Labute approximate surface area is 123 Å². The summed E-state index contributed by atoms with van der Waals surface area (Å²) in [5, 5.41) is 19.7. The number of benzene rings is 2. The molecule has 0 spiro atoms. The zero-order chi connectivity index (χ0) is 15.1. The van der Waals surface area contributed by atoms with Crippen molar-refractivity contribution in [2.75, 3.05) is 0 Å². The predicted octanol–water partition coefficient (Wildman–Crippen LogP) is 1.69. The largest absolute Gasteiger partial charge is 0.459 e. The molecule has 0 unspecified atom stereocenters. The van der Waals surface area contributed by atoms with Gasteiger partial charge in [-0.3, -0.25) is 0 Å². The van der Waals surface area contributed by atoms with Crippen LogP contribution in [0.2, 0.25) is 0 Å². The van der Waals surface area contributed by atoms with Crippen molar-refractivity contribution in [3.05, 3.63) is 71.8 Å². The van der Waals surface area contributed by atoms with Gasteiger partial charge in [-0.2, -0.15) is 0 Å². The summed E-state index contributed by atoms with van der Waals surface area (Å²) < 4.78 is 5.00. The first-order chi connectivity index (χ1) is 10.2. The van der Waals surface area contributed by atoms with Gasteiger partial charge in [0.1, 0.15) is 6.61 Å². The summed E-state index contributed by atoms with van der Waals surface area (Å²) in [6.07, 6.45) is -2.53.